The summed E-state index contributed by atoms with van der Waals surface area (Å²) in [5.41, 5.74) is 2.12. The van der Waals surface area contributed by atoms with E-state index in [0.717, 1.165) is 25.2 Å². The molecule has 0 aromatic heterocycles. The zero-order valence-electron chi connectivity index (χ0n) is 14.9. The van der Waals surface area contributed by atoms with Crippen LogP contribution in [-0.4, -0.2) is 43.6 Å². The number of benzene rings is 2. The molecule has 4 heteroatoms. The third-order valence-electron chi connectivity index (χ3n) is 5.77. The van der Waals surface area contributed by atoms with Crippen molar-refractivity contribution in [1.82, 2.24) is 9.80 Å². The second-order valence-corrected chi connectivity index (χ2v) is 7.35. The first-order valence-electron chi connectivity index (χ1n) is 8.96. The molecule has 2 aliphatic rings. The topological polar surface area (TPSA) is 15.7 Å². The fraction of sp³-hybridized carbons (Fsp3) is 0.429. The molecule has 0 aliphatic carbocycles. The summed E-state index contributed by atoms with van der Waals surface area (Å²) in [6.07, 6.45) is 0. The molecule has 0 unspecified atom stereocenters. The molecule has 0 radical (unpaired) electrons. The Bertz CT molecular complexity index is 736. The van der Waals surface area contributed by atoms with Gasteiger partial charge in [-0.1, -0.05) is 42.5 Å². The minimum Gasteiger partial charge on any atom is -0.494 e. The monoisotopic (exact) mass is 340 g/mol. The first-order chi connectivity index (χ1) is 12.2. The first kappa shape index (κ1) is 16.6. The molecule has 2 heterocycles. The standard InChI is InChI=1S/C21H25FN2O/c1-23-11-17-13-24(12-16-9-6-10-19(25-2)20(16)22)14-18(17)21(23)15-7-4-3-5-8-15/h3-10,17-18,21H,11-14H2,1-2H3/t17-,18+,21-/m0/s1. The van der Waals surface area contributed by atoms with Gasteiger partial charge in [-0.05, 0) is 30.5 Å². The normalized spacial score (nSPS) is 26.8. The summed E-state index contributed by atoms with van der Waals surface area (Å²) < 4.78 is 19.6. The average molecular weight is 340 g/mol. The van der Waals surface area contributed by atoms with Crippen molar-refractivity contribution in [3.8, 4) is 5.75 Å². The van der Waals surface area contributed by atoms with E-state index in [1.54, 1.807) is 6.07 Å². The van der Waals surface area contributed by atoms with Gasteiger partial charge in [-0.15, -0.1) is 0 Å². The van der Waals surface area contributed by atoms with Crippen LogP contribution in [0.25, 0.3) is 0 Å². The first-order valence-corrected chi connectivity index (χ1v) is 8.96. The van der Waals surface area contributed by atoms with E-state index in [1.165, 1.54) is 12.7 Å². The third-order valence-corrected chi connectivity index (χ3v) is 5.77. The number of fused-ring (bicyclic) bond motifs is 1. The molecular weight excluding hydrogens is 315 g/mol. The van der Waals surface area contributed by atoms with Crippen LogP contribution in [0.2, 0.25) is 0 Å². The van der Waals surface area contributed by atoms with E-state index in [1.807, 2.05) is 12.1 Å². The lowest BCUT2D eigenvalue weighted by Gasteiger charge is -2.27. The van der Waals surface area contributed by atoms with Crippen molar-refractivity contribution >= 4 is 0 Å². The van der Waals surface area contributed by atoms with E-state index < -0.39 is 0 Å². The smallest absolute Gasteiger partial charge is 0.169 e. The lowest BCUT2D eigenvalue weighted by Crippen LogP contribution is -2.29. The number of likely N-dealkylation sites (tertiary alicyclic amines) is 2. The molecular formula is C21H25FN2O. The Kier molecular flexibility index (Phi) is 4.48. The van der Waals surface area contributed by atoms with Crippen molar-refractivity contribution < 1.29 is 9.13 Å². The largest absolute Gasteiger partial charge is 0.494 e. The van der Waals surface area contributed by atoms with Crippen molar-refractivity contribution in [2.75, 3.05) is 33.8 Å². The summed E-state index contributed by atoms with van der Waals surface area (Å²) in [5.74, 6) is 1.38. The highest BCUT2D eigenvalue weighted by molar-refractivity contribution is 5.31. The number of halogens is 1. The summed E-state index contributed by atoms with van der Waals surface area (Å²) >= 11 is 0. The maximum atomic E-state index is 14.5. The van der Waals surface area contributed by atoms with Crippen LogP contribution < -0.4 is 4.74 Å². The molecule has 25 heavy (non-hydrogen) atoms. The van der Waals surface area contributed by atoms with Gasteiger partial charge in [-0.25, -0.2) is 4.39 Å². The maximum Gasteiger partial charge on any atom is 0.169 e. The van der Waals surface area contributed by atoms with Gasteiger partial charge in [0.1, 0.15) is 0 Å². The Morgan fingerprint density at radius 1 is 1.04 bits per heavy atom. The summed E-state index contributed by atoms with van der Waals surface area (Å²) in [7, 11) is 3.74. The highest BCUT2D eigenvalue weighted by Gasteiger charge is 2.45. The molecule has 0 spiro atoms. The minimum atomic E-state index is -0.223. The summed E-state index contributed by atoms with van der Waals surface area (Å²) in [4.78, 5) is 4.88. The van der Waals surface area contributed by atoms with Crippen LogP contribution in [0.15, 0.2) is 48.5 Å². The predicted octanol–water partition coefficient (Wildman–Crippen LogP) is 3.57. The summed E-state index contributed by atoms with van der Waals surface area (Å²) in [6, 6.07) is 16.7. The Morgan fingerprint density at radius 2 is 1.84 bits per heavy atom. The van der Waals surface area contributed by atoms with Gasteiger partial charge in [0, 0.05) is 37.8 Å². The fourth-order valence-electron chi connectivity index (χ4n) is 4.71. The van der Waals surface area contributed by atoms with Crippen molar-refractivity contribution in [2.24, 2.45) is 11.8 Å². The lowest BCUT2D eigenvalue weighted by atomic mass is 9.90. The molecule has 0 saturated carbocycles. The van der Waals surface area contributed by atoms with Crippen LogP contribution in [0.4, 0.5) is 4.39 Å². The zero-order valence-corrected chi connectivity index (χ0v) is 14.9. The molecule has 0 amide bonds. The number of methoxy groups -OCH3 is 1. The number of nitrogens with zero attached hydrogens (tertiary/aromatic N) is 2. The Morgan fingerprint density at radius 3 is 2.60 bits per heavy atom. The minimum absolute atomic E-state index is 0.223. The molecule has 2 saturated heterocycles. The Hall–Kier alpha value is -1.91. The molecule has 2 aromatic rings. The van der Waals surface area contributed by atoms with Crippen LogP contribution >= 0.6 is 0 Å². The van der Waals surface area contributed by atoms with Gasteiger partial charge in [0.25, 0.3) is 0 Å². The van der Waals surface area contributed by atoms with E-state index in [2.05, 4.69) is 47.2 Å². The zero-order chi connectivity index (χ0) is 17.4. The number of rotatable bonds is 4. The van der Waals surface area contributed by atoms with Crippen LogP contribution in [0.3, 0.4) is 0 Å². The number of hydrogen-bond acceptors (Lipinski definition) is 3. The van der Waals surface area contributed by atoms with Crippen LogP contribution in [0.1, 0.15) is 17.2 Å². The molecule has 4 rings (SSSR count). The van der Waals surface area contributed by atoms with Crippen molar-refractivity contribution in [3.63, 3.8) is 0 Å². The Labute approximate surface area is 149 Å². The molecule has 2 aliphatic heterocycles. The Balaban J connectivity index is 1.50. The maximum absolute atomic E-state index is 14.5. The van der Waals surface area contributed by atoms with Crippen LogP contribution in [0, 0.1) is 17.7 Å². The molecule has 3 atom stereocenters. The summed E-state index contributed by atoms with van der Waals surface area (Å²) in [6.45, 7) is 3.82. The molecule has 2 aromatic carbocycles. The van der Waals surface area contributed by atoms with Crippen LogP contribution in [0.5, 0.6) is 5.75 Å². The third kappa shape index (κ3) is 3.05. The van der Waals surface area contributed by atoms with E-state index >= 15 is 0 Å². The highest BCUT2D eigenvalue weighted by Crippen LogP contribution is 2.44. The average Bonchev–Trinajstić information content (AvgIpc) is 3.13. The van der Waals surface area contributed by atoms with E-state index in [0.29, 0.717) is 30.2 Å². The fourth-order valence-corrected chi connectivity index (χ4v) is 4.71. The predicted molar refractivity (Wildman–Crippen MR) is 97.0 cm³/mol. The van der Waals surface area contributed by atoms with Crippen molar-refractivity contribution in [3.05, 3.63) is 65.5 Å². The molecule has 0 bridgehead atoms. The quantitative estimate of drug-likeness (QED) is 0.846. The van der Waals surface area contributed by atoms with E-state index in [-0.39, 0.29) is 5.82 Å². The van der Waals surface area contributed by atoms with Crippen molar-refractivity contribution in [1.29, 1.82) is 0 Å². The molecule has 3 nitrogen and oxygen atoms in total. The van der Waals surface area contributed by atoms with Gasteiger partial charge in [0.2, 0.25) is 0 Å². The number of hydrogen-bond donors (Lipinski definition) is 0. The van der Waals surface area contributed by atoms with E-state index in [4.69, 9.17) is 4.74 Å². The van der Waals surface area contributed by atoms with Crippen molar-refractivity contribution in [2.45, 2.75) is 12.6 Å². The SMILES string of the molecule is COc1cccc(CN2C[C@@H]3CN(C)[C@@H](c4ccccc4)[C@@H]3C2)c1F. The lowest BCUT2D eigenvalue weighted by molar-refractivity contribution is 0.223. The van der Waals surface area contributed by atoms with Gasteiger partial charge in [-0.3, -0.25) is 9.80 Å². The summed E-state index contributed by atoms with van der Waals surface area (Å²) in [5, 5.41) is 0. The second-order valence-electron chi connectivity index (χ2n) is 7.35. The van der Waals surface area contributed by atoms with E-state index in [9.17, 15) is 4.39 Å². The van der Waals surface area contributed by atoms with Gasteiger partial charge in [0.15, 0.2) is 11.6 Å². The van der Waals surface area contributed by atoms with Crippen LogP contribution in [-0.2, 0) is 6.54 Å². The van der Waals surface area contributed by atoms with Gasteiger partial charge in [-0.2, -0.15) is 0 Å². The molecule has 2 fully saturated rings. The van der Waals surface area contributed by atoms with Gasteiger partial charge in [0.05, 0.1) is 7.11 Å². The number of ether oxygens (including phenoxy) is 1. The van der Waals surface area contributed by atoms with Gasteiger partial charge < -0.3 is 4.74 Å². The molecule has 132 valence electrons. The molecule has 0 N–H and O–H groups in total. The van der Waals surface area contributed by atoms with Gasteiger partial charge >= 0.3 is 0 Å². The highest BCUT2D eigenvalue weighted by atomic mass is 19.1. The second kappa shape index (κ2) is 6.77.